The molecule has 19 heavy (non-hydrogen) atoms. The van der Waals surface area contributed by atoms with Gasteiger partial charge in [-0.3, -0.25) is 9.69 Å². The standard InChI is InChI=1S/C15H28N2O2/c1-13(18)14-6-10-16(11-7-14)12-15(19)17-8-4-2-3-5-9-17/h13-14,18H,2-12H2,1H3. The van der Waals surface area contributed by atoms with E-state index < -0.39 is 0 Å². The van der Waals surface area contributed by atoms with Gasteiger partial charge in [-0.1, -0.05) is 12.8 Å². The second-order valence-corrected chi connectivity index (χ2v) is 6.15. The Morgan fingerprint density at radius 1 is 1.11 bits per heavy atom. The van der Waals surface area contributed by atoms with Crippen molar-refractivity contribution in [2.45, 2.75) is 51.6 Å². The molecule has 2 heterocycles. The minimum absolute atomic E-state index is 0.205. The normalized spacial score (nSPS) is 25.1. The number of carbonyl (C=O) groups is 1. The fourth-order valence-corrected chi connectivity index (χ4v) is 3.20. The molecule has 1 amide bonds. The zero-order valence-corrected chi connectivity index (χ0v) is 12.2. The average Bonchev–Trinajstić information content (AvgIpc) is 2.68. The molecule has 2 saturated heterocycles. The Hall–Kier alpha value is -0.610. The van der Waals surface area contributed by atoms with Gasteiger partial charge in [-0.25, -0.2) is 0 Å². The van der Waals surface area contributed by atoms with E-state index in [0.29, 0.717) is 18.4 Å². The average molecular weight is 268 g/mol. The van der Waals surface area contributed by atoms with E-state index in [9.17, 15) is 9.90 Å². The van der Waals surface area contributed by atoms with Crippen molar-refractivity contribution in [2.24, 2.45) is 5.92 Å². The number of amides is 1. The summed E-state index contributed by atoms with van der Waals surface area (Å²) < 4.78 is 0. The first-order chi connectivity index (χ1) is 9.16. The lowest BCUT2D eigenvalue weighted by Gasteiger charge is -2.34. The number of hydrogen-bond acceptors (Lipinski definition) is 3. The van der Waals surface area contributed by atoms with Crippen molar-refractivity contribution < 1.29 is 9.90 Å². The number of aliphatic hydroxyl groups excluding tert-OH is 1. The summed E-state index contributed by atoms with van der Waals surface area (Å²) in [4.78, 5) is 16.6. The summed E-state index contributed by atoms with van der Waals surface area (Å²) in [7, 11) is 0. The van der Waals surface area contributed by atoms with Gasteiger partial charge in [-0.15, -0.1) is 0 Å². The largest absolute Gasteiger partial charge is 0.393 e. The van der Waals surface area contributed by atoms with Gasteiger partial charge in [-0.05, 0) is 51.6 Å². The van der Waals surface area contributed by atoms with Gasteiger partial charge in [0, 0.05) is 13.1 Å². The molecule has 0 aromatic heterocycles. The monoisotopic (exact) mass is 268 g/mol. The molecule has 2 aliphatic heterocycles. The molecule has 2 rings (SSSR count). The van der Waals surface area contributed by atoms with E-state index in [1.165, 1.54) is 12.8 Å². The van der Waals surface area contributed by atoms with E-state index in [4.69, 9.17) is 0 Å². The van der Waals surface area contributed by atoms with Gasteiger partial charge in [0.05, 0.1) is 12.6 Å². The number of piperidine rings is 1. The Labute approximate surface area is 116 Å². The van der Waals surface area contributed by atoms with Crippen LogP contribution in [0.15, 0.2) is 0 Å². The van der Waals surface area contributed by atoms with Gasteiger partial charge in [0.25, 0.3) is 0 Å². The third kappa shape index (κ3) is 4.46. The molecule has 1 atom stereocenters. The van der Waals surface area contributed by atoms with Crippen molar-refractivity contribution in [3.63, 3.8) is 0 Å². The first kappa shape index (κ1) is 14.8. The fraction of sp³-hybridized carbons (Fsp3) is 0.933. The third-order valence-electron chi connectivity index (χ3n) is 4.63. The highest BCUT2D eigenvalue weighted by atomic mass is 16.3. The van der Waals surface area contributed by atoms with E-state index >= 15 is 0 Å². The number of aliphatic hydroxyl groups is 1. The third-order valence-corrected chi connectivity index (χ3v) is 4.63. The Bertz CT molecular complexity index is 278. The first-order valence-corrected chi connectivity index (χ1v) is 7.85. The zero-order valence-electron chi connectivity index (χ0n) is 12.2. The van der Waals surface area contributed by atoms with Crippen LogP contribution in [0.3, 0.4) is 0 Å². The van der Waals surface area contributed by atoms with Crippen LogP contribution in [-0.4, -0.2) is 59.6 Å². The minimum Gasteiger partial charge on any atom is -0.393 e. The molecule has 0 radical (unpaired) electrons. The lowest BCUT2D eigenvalue weighted by atomic mass is 9.92. The summed E-state index contributed by atoms with van der Waals surface area (Å²) in [6, 6.07) is 0. The topological polar surface area (TPSA) is 43.8 Å². The maximum Gasteiger partial charge on any atom is 0.236 e. The lowest BCUT2D eigenvalue weighted by Crippen LogP contribution is -2.44. The summed E-state index contributed by atoms with van der Waals surface area (Å²) in [5, 5.41) is 9.59. The number of hydrogen-bond donors (Lipinski definition) is 1. The van der Waals surface area contributed by atoms with Crippen molar-refractivity contribution >= 4 is 5.91 Å². The number of likely N-dealkylation sites (tertiary alicyclic amines) is 2. The highest BCUT2D eigenvalue weighted by Crippen LogP contribution is 2.20. The first-order valence-electron chi connectivity index (χ1n) is 7.85. The molecule has 2 aliphatic rings. The van der Waals surface area contributed by atoms with E-state index in [1.54, 1.807) is 0 Å². The van der Waals surface area contributed by atoms with Crippen molar-refractivity contribution in [1.29, 1.82) is 0 Å². The Morgan fingerprint density at radius 2 is 1.68 bits per heavy atom. The number of carbonyl (C=O) groups excluding carboxylic acids is 1. The highest BCUT2D eigenvalue weighted by molar-refractivity contribution is 5.78. The molecule has 0 saturated carbocycles. The molecule has 4 nitrogen and oxygen atoms in total. The summed E-state index contributed by atoms with van der Waals surface area (Å²) in [6.07, 6.45) is 6.69. The van der Waals surface area contributed by atoms with Crippen LogP contribution in [0.25, 0.3) is 0 Å². The van der Waals surface area contributed by atoms with E-state index in [2.05, 4.69) is 4.90 Å². The molecule has 110 valence electrons. The van der Waals surface area contributed by atoms with Crippen LogP contribution in [0.4, 0.5) is 0 Å². The van der Waals surface area contributed by atoms with E-state index in [1.807, 2.05) is 11.8 Å². The van der Waals surface area contributed by atoms with Crippen LogP contribution >= 0.6 is 0 Å². The maximum absolute atomic E-state index is 12.3. The Balaban J connectivity index is 1.73. The van der Waals surface area contributed by atoms with Crippen LogP contribution in [0.5, 0.6) is 0 Å². The van der Waals surface area contributed by atoms with Crippen LogP contribution in [0, 0.1) is 5.92 Å². The summed E-state index contributed by atoms with van der Waals surface area (Å²) in [5.74, 6) is 0.724. The van der Waals surface area contributed by atoms with Crippen LogP contribution in [0.2, 0.25) is 0 Å². The zero-order chi connectivity index (χ0) is 13.7. The molecule has 1 N–H and O–H groups in total. The molecule has 0 aromatic rings. The number of nitrogens with zero attached hydrogens (tertiary/aromatic N) is 2. The van der Waals surface area contributed by atoms with Crippen molar-refractivity contribution in [3.05, 3.63) is 0 Å². The summed E-state index contributed by atoms with van der Waals surface area (Å²) in [6.45, 7) is 6.26. The fourth-order valence-electron chi connectivity index (χ4n) is 3.20. The SMILES string of the molecule is CC(O)C1CCN(CC(=O)N2CCCCCC2)CC1. The summed E-state index contributed by atoms with van der Waals surface area (Å²) in [5.41, 5.74) is 0. The second-order valence-electron chi connectivity index (χ2n) is 6.15. The van der Waals surface area contributed by atoms with Gasteiger partial charge in [0.2, 0.25) is 5.91 Å². The molecular formula is C15H28N2O2. The molecule has 0 bridgehead atoms. The van der Waals surface area contributed by atoms with Crippen molar-refractivity contribution in [2.75, 3.05) is 32.7 Å². The highest BCUT2D eigenvalue weighted by Gasteiger charge is 2.25. The molecule has 0 aromatic carbocycles. The Morgan fingerprint density at radius 3 is 2.21 bits per heavy atom. The van der Waals surface area contributed by atoms with Gasteiger partial charge < -0.3 is 10.0 Å². The van der Waals surface area contributed by atoms with Crippen molar-refractivity contribution in [1.82, 2.24) is 9.80 Å². The van der Waals surface area contributed by atoms with Crippen LogP contribution < -0.4 is 0 Å². The molecule has 4 heteroatoms. The van der Waals surface area contributed by atoms with Gasteiger partial charge in [0.1, 0.15) is 0 Å². The smallest absolute Gasteiger partial charge is 0.236 e. The predicted molar refractivity (Wildman–Crippen MR) is 75.9 cm³/mol. The van der Waals surface area contributed by atoms with Gasteiger partial charge in [-0.2, -0.15) is 0 Å². The molecular weight excluding hydrogens is 240 g/mol. The predicted octanol–water partition coefficient (Wildman–Crippen LogP) is 1.48. The summed E-state index contributed by atoms with van der Waals surface area (Å²) >= 11 is 0. The number of rotatable bonds is 3. The quantitative estimate of drug-likeness (QED) is 0.843. The minimum atomic E-state index is -0.205. The molecule has 1 unspecified atom stereocenters. The lowest BCUT2D eigenvalue weighted by molar-refractivity contribution is -0.132. The van der Waals surface area contributed by atoms with Gasteiger partial charge >= 0.3 is 0 Å². The van der Waals surface area contributed by atoms with E-state index in [0.717, 1.165) is 51.9 Å². The van der Waals surface area contributed by atoms with Crippen molar-refractivity contribution in [3.8, 4) is 0 Å². The van der Waals surface area contributed by atoms with E-state index in [-0.39, 0.29) is 6.10 Å². The second kappa shape index (κ2) is 7.25. The molecule has 0 aliphatic carbocycles. The van der Waals surface area contributed by atoms with Crippen LogP contribution in [0.1, 0.15) is 45.4 Å². The van der Waals surface area contributed by atoms with Gasteiger partial charge in [0.15, 0.2) is 0 Å². The maximum atomic E-state index is 12.3. The molecule has 0 spiro atoms. The molecule has 2 fully saturated rings. The van der Waals surface area contributed by atoms with Crippen LogP contribution in [-0.2, 0) is 4.79 Å². The Kier molecular flexibility index (Phi) is 5.64.